The third-order valence-corrected chi connectivity index (χ3v) is 10.9. The lowest BCUT2D eigenvalue weighted by Crippen LogP contribution is -2.44. The van der Waals surface area contributed by atoms with Gasteiger partial charge in [-0.25, -0.2) is 13.1 Å². The molecule has 0 aliphatic carbocycles. The second-order valence-electron chi connectivity index (χ2n) is 10.9. The quantitative estimate of drug-likeness (QED) is 0.307. The van der Waals surface area contributed by atoms with Crippen LogP contribution in [0.4, 0.5) is 11.4 Å². The number of hydrogen-bond acceptors (Lipinski definition) is 6. The molecule has 5 rings (SSSR count). The number of hydrogen-bond donors (Lipinski definition) is 1. The molecule has 0 saturated carbocycles. The van der Waals surface area contributed by atoms with Crippen LogP contribution in [0.5, 0.6) is 0 Å². The Morgan fingerprint density at radius 2 is 1.65 bits per heavy atom. The fraction of sp³-hybridized carbons (Fsp3) is 0.400. The first-order valence-electron chi connectivity index (χ1n) is 14.3. The van der Waals surface area contributed by atoms with Gasteiger partial charge >= 0.3 is 0 Å². The summed E-state index contributed by atoms with van der Waals surface area (Å²) in [5.41, 5.74) is 3.14. The number of sulfonamides is 1. The lowest BCUT2D eigenvalue weighted by Gasteiger charge is -2.35. The zero-order valence-corrected chi connectivity index (χ0v) is 27.3. The summed E-state index contributed by atoms with van der Waals surface area (Å²) in [6.07, 6.45) is 5.70. The Hall–Kier alpha value is -2.60. The van der Waals surface area contributed by atoms with Gasteiger partial charge in [-0.15, -0.1) is 0 Å². The van der Waals surface area contributed by atoms with Crippen molar-refractivity contribution >= 4 is 68.2 Å². The average Bonchev–Trinajstić information content (AvgIpc) is 3.26. The first-order valence-corrected chi connectivity index (χ1v) is 16.8. The second-order valence-corrected chi connectivity index (χ2v) is 14.0. The van der Waals surface area contributed by atoms with Crippen molar-refractivity contribution in [1.82, 2.24) is 19.0 Å². The lowest BCUT2D eigenvalue weighted by molar-refractivity contribution is -0.111. The van der Waals surface area contributed by atoms with Gasteiger partial charge in [-0.3, -0.25) is 4.79 Å². The van der Waals surface area contributed by atoms with Crippen LogP contribution in [-0.4, -0.2) is 79.6 Å². The maximum atomic E-state index is 13.5. The molecule has 1 aromatic heterocycles. The molecule has 0 unspecified atom stereocenters. The number of piperazine rings is 1. The number of halogens is 3. The van der Waals surface area contributed by atoms with Crippen LogP contribution in [0.2, 0.25) is 15.2 Å². The van der Waals surface area contributed by atoms with E-state index in [1.165, 1.54) is 10.4 Å². The van der Waals surface area contributed by atoms with Crippen LogP contribution in [0, 0.1) is 6.92 Å². The molecule has 0 spiro atoms. The molecule has 230 valence electrons. The molecule has 43 heavy (non-hydrogen) atoms. The largest absolute Gasteiger partial charge is 0.367 e. The van der Waals surface area contributed by atoms with Crippen LogP contribution in [-0.2, 0) is 21.4 Å². The van der Waals surface area contributed by atoms with E-state index in [9.17, 15) is 13.2 Å². The minimum absolute atomic E-state index is 0.171. The molecule has 13 heteroatoms. The van der Waals surface area contributed by atoms with Crippen molar-refractivity contribution < 1.29 is 13.2 Å². The molecule has 1 amide bonds. The Labute approximate surface area is 268 Å². The lowest BCUT2D eigenvalue weighted by atomic mass is 10.2. The summed E-state index contributed by atoms with van der Waals surface area (Å²) < 4.78 is 30.0. The van der Waals surface area contributed by atoms with Gasteiger partial charge in [-0.05, 0) is 63.2 Å². The number of carbonyl (C=O) groups excluding carboxylic acids is 1. The second kappa shape index (κ2) is 13.6. The highest BCUT2D eigenvalue weighted by molar-refractivity contribution is 7.89. The zero-order valence-electron chi connectivity index (χ0n) is 24.2. The summed E-state index contributed by atoms with van der Waals surface area (Å²) in [5.74, 6) is -0.416. The monoisotopic (exact) mass is 664 g/mol. The van der Waals surface area contributed by atoms with Crippen LogP contribution in [0.1, 0.15) is 36.1 Å². The van der Waals surface area contributed by atoms with Gasteiger partial charge in [0.15, 0.2) is 0 Å². The third-order valence-electron chi connectivity index (χ3n) is 7.90. The smallest absolute Gasteiger partial charge is 0.248 e. The molecule has 2 aromatic carbocycles. The first-order chi connectivity index (χ1) is 20.5. The highest BCUT2D eigenvalue weighted by Gasteiger charge is 2.28. The molecule has 0 radical (unpaired) electrons. The number of nitrogens with one attached hydrogen (secondary N) is 1. The number of anilines is 2. The van der Waals surface area contributed by atoms with E-state index >= 15 is 0 Å². The summed E-state index contributed by atoms with van der Waals surface area (Å²) >= 11 is 19.3. The van der Waals surface area contributed by atoms with Gasteiger partial charge in [0.25, 0.3) is 0 Å². The molecule has 0 bridgehead atoms. The molecule has 9 nitrogen and oxygen atoms in total. The minimum Gasteiger partial charge on any atom is -0.367 e. The van der Waals surface area contributed by atoms with Crippen molar-refractivity contribution in [2.45, 2.75) is 37.6 Å². The van der Waals surface area contributed by atoms with Crippen molar-refractivity contribution in [3.63, 3.8) is 0 Å². The Bertz CT molecular complexity index is 1610. The SMILES string of the molecule is Cc1nn(Cc2c(Cl)cccc2Cl)c(Cl)c1/C=C/C(=O)Nc1cc(S(=O)(=O)N2CCCCC2)ccc1N1CCN(C)CC1. The number of piperidine rings is 1. The Kier molecular flexibility index (Phi) is 10.0. The van der Waals surface area contributed by atoms with Crippen LogP contribution in [0.3, 0.4) is 0 Å². The summed E-state index contributed by atoms with van der Waals surface area (Å²) in [7, 11) is -1.62. The first kappa shape index (κ1) is 31.8. The molecular formula is C30H35Cl3N6O3S. The van der Waals surface area contributed by atoms with E-state index in [4.69, 9.17) is 34.8 Å². The van der Waals surface area contributed by atoms with Gasteiger partial charge in [-0.1, -0.05) is 47.3 Å². The molecule has 3 heterocycles. The highest BCUT2D eigenvalue weighted by Crippen LogP contribution is 2.32. The van der Waals surface area contributed by atoms with Gasteiger partial charge < -0.3 is 15.1 Å². The molecule has 2 aliphatic heterocycles. The zero-order chi connectivity index (χ0) is 30.7. The van der Waals surface area contributed by atoms with Gasteiger partial charge in [0.2, 0.25) is 15.9 Å². The number of aromatic nitrogens is 2. The van der Waals surface area contributed by atoms with Crippen molar-refractivity contribution in [3.8, 4) is 0 Å². The standard InChI is InChI=1S/C30H35Cl3N6O3S/c1-21-23(30(33)39(35-21)20-24-25(31)7-6-8-26(24)32)10-12-29(40)34-27-19-22(43(41,42)38-13-4-3-5-14-38)9-11-28(27)37-17-15-36(2)16-18-37/h6-12,19H,3-5,13-18,20H2,1-2H3,(H,34,40)/b12-10+. The van der Waals surface area contributed by atoms with E-state index in [2.05, 4.69) is 27.3 Å². The average molecular weight is 666 g/mol. The Morgan fingerprint density at radius 3 is 2.33 bits per heavy atom. The van der Waals surface area contributed by atoms with Crippen molar-refractivity contribution in [3.05, 3.63) is 74.5 Å². The topological polar surface area (TPSA) is 90.8 Å². The fourth-order valence-corrected chi connectivity index (χ4v) is 7.74. The van der Waals surface area contributed by atoms with E-state index < -0.39 is 15.9 Å². The molecule has 1 N–H and O–H groups in total. The molecule has 2 fully saturated rings. The van der Waals surface area contributed by atoms with Gasteiger partial charge in [0.05, 0.1) is 28.5 Å². The molecule has 3 aromatic rings. The summed E-state index contributed by atoms with van der Waals surface area (Å²) in [6.45, 7) is 6.32. The van der Waals surface area contributed by atoms with E-state index in [1.54, 1.807) is 54.1 Å². The predicted molar refractivity (Wildman–Crippen MR) is 174 cm³/mol. The molecule has 2 aliphatic rings. The predicted octanol–water partition coefficient (Wildman–Crippen LogP) is 5.78. The maximum Gasteiger partial charge on any atom is 0.248 e. The van der Waals surface area contributed by atoms with E-state index in [1.807, 2.05) is 0 Å². The number of likely N-dealkylation sites (N-methyl/N-ethyl adjacent to an activating group) is 1. The van der Waals surface area contributed by atoms with E-state index in [0.717, 1.165) is 51.1 Å². The molecule has 0 atom stereocenters. The van der Waals surface area contributed by atoms with Crippen LogP contribution in [0.25, 0.3) is 6.08 Å². The Balaban J connectivity index is 1.39. The van der Waals surface area contributed by atoms with Crippen LogP contribution < -0.4 is 10.2 Å². The summed E-state index contributed by atoms with van der Waals surface area (Å²) in [6, 6.07) is 10.3. The minimum atomic E-state index is -3.68. The number of aryl methyl sites for hydroxylation is 1. The molecular weight excluding hydrogens is 631 g/mol. The van der Waals surface area contributed by atoms with Crippen LogP contribution in [0.15, 0.2) is 47.4 Å². The maximum absolute atomic E-state index is 13.5. The van der Waals surface area contributed by atoms with E-state index in [-0.39, 0.29) is 11.4 Å². The van der Waals surface area contributed by atoms with Gasteiger partial charge in [-0.2, -0.15) is 9.40 Å². The number of carbonyl (C=O) groups is 1. The third kappa shape index (κ3) is 7.21. The van der Waals surface area contributed by atoms with Crippen molar-refractivity contribution in [2.24, 2.45) is 0 Å². The normalized spacial score (nSPS) is 17.1. The van der Waals surface area contributed by atoms with Gasteiger partial charge in [0, 0.05) is 66.5 Å². The fourth-order valence-electron chi connectivity index (χ4n) is 5.38. The number of benzene rings is 2. The van der Waals surface area contributed by atoms with Crippen LogP contribution >= 0.6 is 34.8 Å². The van der Waals surface area contributed by atoms with Gasteiger partial charge in [0.1, 0.15) is 5.15 Å². The molecule has 2 saturated heterocycles. The number of nitrogens with zero attached hydrogens (tertiary/aromatic N) is 5. The highest BCUT2D eigenvalue weighted by atomic mass is 35.5. The summed E-state index contributed by atoms with van der Waals surface area (Å²) in [5, 5.41) is 8.81. The van der Waals surface area contributed by atoms with Crippen molar-refractivity contribution in [1.29, 1.82) is 0 Å². The number of amides is 1. The summed E-state index contributed by atoms with van der Waals surface area (Å²) in [4.78, 5) is 17.8. The number of rotatable bonds is 8. The van der Waals surface area contributed by atoms with Crippen molar-refractivity contribution in [2.75, 3.05) is 56.5 Å². The van der Waals surface area contributed by atoms with E-state index in [0.29, 0.717) is 50.8 Å². The Morgan fingerprint density at radius 1 is 0.977 bits per heavy atom.